The lowest BCUT2D eigenvalue weighted by Gasteiger charge is -2.05. The van der Waals surface area contributed by atoms with Gasteiger partial charge < -0.3 is 15.3 Å². The summed E-state index contributed by atoms with van der Waals surface area (Å²) in [6.07, 6.45) is 0. The summed E-state index contributed by atoms with van der Waals surface area (Å²) < 4.78 is 0.869. The van der Waals surface area contributed by atoms with Crippen molar-refractivity contribution in [2.24, 2.45) is 0 Å². The van der Waals surface area contributed by atoms with E-state index in [1.54, 1.807) is 29.6 Å². The average molecular weight is 366 g/mol. The number of anilines is 1. The Labute approximate surface area is 130 Å². The lowest BCUT2D eigenvalue weighted by atomic mass is 10.2. The zero-order valence-corrected chi connectivity index (χ0v) is 12.8. The normalized spacial score (nSPS) is 10.7. The predicted octanol–water partition coefficient (Wildman–Crippen LogP) is 2.29. The van der Waals surface area contributed by atoms with Crippen LogP contribution < -0.4 is 16.4 Å². The number of halogens is 1. The number of aromatic amines is 2. The van der Waals surface area contributed by atoms with Crippen molar-refractivity contribution in [2.45, 2.75) is 0 Å². The number of aromatic nitrogens is 2. The van der Waals surface area contributed by atoms with E-state index >= 15 is 0 Å². The fraction of sp³-hybridized carbons (Fsp3) is 0. The number of amides is 1. The minimum absolute atomic E-state index is 0.247. The quantitative estimate of drug-likeness (QED) is 0.608. The molecule has 0 bridgehead atoms. The van der Waals surface area contributed by atoms with Crippen LogP contribution in [0.1, 0.15) is 10.4 Å². The molecule has 2 aromatic heterocycles. The number of carbonyl (C=O) groups is 1. The molecule has 0 saturated carbocycles. The van der Waals surface area contributed by atoms with Crippen molar-refractivity contribution < 1.29 is 4.79 Å². The van der Waals surface area contributed by atoms with E-state index in [1.807, 2.05) is 0 Å². The van der Waals surface area contributed by atoms with Gasteiger partial charge in [0.15, 0.2) is 0 Å². The van der Waals surface area contributed by atoms with Gasteiger partial charge in [0.25, 0.3) is 5.91 Å². The van der Waals surface area contributed by atoms with E-state index in [1.165, 1.54) is 11.3 Å². The van der Waals surface area contributed by atoms with Gasteiger partial charge in [-0.05, 0) is 40.2 Å². The van der Waals surface area contributed by atoms with Crippen molar-refractivity contribution in [1.29, 1.82) is 0 Å². The van der Waals surface area contributed by atoms with E-state index < -0.39 is 11.1 Å². The van der Waals surface area contributed by atoms with Crippen LogP contribution in [0.5, 0.6) is 0 Å². The van der Waals surface area contributed by atoms with E-state index in [2.05, 4.69) is 31.2 Å². The Morgan fingerprint density at radius 1 is 1.10 bits per heavy atom. The number of carbonyl (C=O) groups excluding carboxylic acids is 1. The van der Waals surface area contributed by atoms with Crippen molar-refractivity contribution in [2.75, 3.05) is 5.32 Å². The first-order valence-electron chi connectivity index (χ1n) is 5.85. The first-order chi connectivity index (χ1) is 10.0. The van der Waals surface area contributed by atoms with Crippen LogP contribution in [0, 0.1) is 0 Å². The Kier molecular flexibility index (Phi) is 3.48. The molecule has 8 heteroatoms. The van der Waals surface area contributed by atoms with Crippen LogP contribution in [0.25, 0.3) is 11.0 Å². The maximum Gasteiger partial charge on any atom is 0.314 e. The Morgan fingerprint density at radius 3 is 2.48 bits per heavy atom. The zero-order chi connectivity index (χ0) is 15.0. The maximum absolute atomic E-state index is 12.0. The van der Waals surface area contributed by atoms with Crippen molar-refractivity contribution in [3.05, 3.63) is 59.7 Å². The molecule has 3 rings (SSSR count). The summed E-state index contributed by atoms with van der Waals surface area (Å²) in [4.78, 5) is 39.5. The smallest absolute Gasteiger partial charge is 0.314 e. The first kappa shape index (κ1) is 13.8. The highest BCUT2D eigenvalue weighted by Crippen LogP contribution is 2.22. The molecule has 3 aromatic rings. The highest BCUT2D eigenvalue weighted by Gasteiger charge is 2.09. The molecule has 6 nitrogen and oxygen atoms in total. The average Bonchev–Trinajstić information content (AvgIpc) is 2.87. The third-order valence-corrected chi connectivity index (χ3v) is 4.31. The summed E-state index contributed by atoms with van der Waals surface area (Å²) in [5.41, 5.74) is 0.578. The maximum atomic E-state index is 12.0. The second-order valence-corrected chi connectivity index (χ2v) is 6.55. The lowest BCUT2D eigenvalue weighted by Crippen LogP contribution is -2.28. The summed E-state index contributed by atoms with van der Waals surface area (Å²) in [5, 5.41) is 4.47. The molecule has 0 radical (unpaired) electrons. The summed E-state index contributed by atoms with van der Waals surface area (Å²) in [7, 11) is 0. The highest BCUT2D eigenvalue weighted by molar-refractivity contribution is 9.11. The van der Waals surface area contributed by atoms with Crippen LogP contribution in [0.4, 0.5) is 5.69 Å². The van der Waals surface area contributed by atoms with Crippen LogP contribution in [-0.4, -0.2) is 15.9 Å². The molecule has 0 aliphatic rings. The fourth-order valence-corrected chi connectivity index (χ4v) is 2.96. The van der Waals surface area contributed by atoms with Crippen molar-refractivity contribution >= 4 is 49.9 Å². The van der Waals surface area contributed by atoms with Gasteiger partial charge in [-0.1, -0.05) is 0 Å². The third kappa shape index (κ3) is 2.81. The van der Waals surface area contributed by atoms with Gasteiger partial charge in [-0.15, -0.1) is 11.3 Å². The Bertz CT molecular complexity index is 957. The fourth-order valence-electron chi connectivity index (χ4n) is 1.82. The number of fused-ring (bicyclic) bond motifs is 1. The van der Waals surface area contributed by atoms with Crippen LogP contribution >= 0.6 is 27.3 Å². The van der Waals surface area contributed by atoms with Gasteiger partial charge in [0.05, 0.1) is 20.4 Å². The van der Waals surface area contributed by atoms with Crippen molar-refractivity contribution in [3.8, 4) is 0 Å². The molecule has 0 aliphatic carbocycles. The molecule has 0 atom stereocenters. The number of benzene rings is 1. The van der Waals surface area contributed by atoms with Crippen LogP contribution in [0.3, 0.4) is 0 Å². The first-order valence-corrected chi connectivity index (χ1v) is 7.52. The van der Waals surface area contributed by atoms with E-state index in [0.29, 0.717) is 22.3 Å². The molecule has 0 aliphatic heterocycles. The molecule has 0 spiro atoms. The van der Waals surface area contributed by atoms with E-state index in [-0.39, 0.29) is 5.91 Å². The monoisotopic (exact) mass is 365 g/mol. The summed E-state index contributed by atoms with van der Waals surface area (Å²) in [6, 6.07) is 6.58. The minimum atomic E-state index is -0.729. The van der Waals surface area contributed by atoms with Gasteiger partial charge in [0.1, 0.15) is 0 Å². The second kappa shape index (κ2) is 5.30. The topological polar surface area (TPSA) is 94.8 Å². The van der Waals surface area contributed by atoms with Gasteiger partial charge in [-0.2, -0.15) is 0 Å². The molecule has 2 heterocycles. The van der Waals surface area contributed by atoms with Gasteiger partial charge in [0.2, 0.25) is 0 Å². The summed E-state index contributed by atoms with van der Waals surface area (Å²) in [6.45, 7) is 0. The molecule has 21 heavy (non-hydrogen) atoms. The van der Waals surface area contributed by atoms with Crippen LogP contribution in [0.15, 0.2) is 43.0 Å². The molecule has 0 fully saturated rings. The van der Waals surface area contributed by atoms with Crippen molar-refractivity contribution in [1.82, 2.24) is 9.97 Å². The number of rotatable bonds is 2. The molecule has 1 amide bonds. The largest absolute Gasteiger partial charge is 0.322 e. The van der Waals surface area contributed by atoms with Gasteiger partial charge in [-0.3, -0.25) is 14.4 Å². The van der Waals surface area contributed by atoms with E-state index in [0.717, 1.165) is 3.79 Å². The van der Waals surface area contributed by atoms with Gasteiger partial charge >= 0.3 is 11.1 Å². The number of thiophene rings is 1. The Balaban J connectivity index is 1.94. The zero-order valence-electron chi connectivity index (χ0n) is 10.4. The second-order valence-electron chi connectivity index (χ2n) is 4.26. The molecule has 1 aromatic carbocycles. The highest BCUT2D eigenvalue weighted by atomic mass is 79.9. The van der Waals surface area contributed by atoms with Crippen LogP contribution in [-0.2, 0) is 0 Å². The predicted molar refractivity (Wildman–Crippen MR) is 85.2 cm³/mol. The van der Waals surface area contributed by atoms with Gasteiger partial charge in [-0.25, -0.2) is 0 Å². The van der Waals surface area contributed by atoms with Crippen LogP contribution in [0.2, 0.25) is 0 Å². The standard InChI is InChI=1S/C13H8BrN3O3S/c14-10-3-6(5-21-10)11(18)15-7-1-2-8-9(4-7)17-13(20)12(19)16-8/h1-5H,(H,15,18)(H,16,19)(H,17,20). The Hall–Kier alpha value is -2.19. The number of nitrogens with one attached hydrogen (secondary N) is 3. The van der Waals surface area contributed by atoms with E-state index in [4.69, 9.17) is 0 Å². The molecule has 106 valence electrons. The van der Waals surface area contributed by atoms with E-state index in [9.17, 15) is 14.4 Å². The number of hydrogen-bond donors (Lipinski definition) is 3. The summed E-state index contributed by atoms with van der Waals surface area (Å²) >= 11 is 4.72. The SMILES string of the molecule is O=C(Nc1ccc2[nH]c(=O)c(=O)[nH]c2c1)c1csc(Br)c1. The number of H-pyrrole nitrogens is 2. The molecule has 0 saturated heterocycles. The molecular formula is C13H8BrN3O3S. The third-order valence-electron chi connectivity index (χ3n) is 2.81. The molecule has 0 unspecified atom stereocenters. The molecule has 3 N–H and O–H groups in total. The lowest BCUT2D eigenvalue weighted by molar-refractivity contribution is 0.102. The number of hydrogen-bond acceptors (Lipinski definition) is 4. The Morgan fingerprint density at radius 2 is 1.81 bits per heavy atom. The molecular weight excluding hydrogens is 358 g/mol. The van der Waals surface area contributed by atoms with Crippen molar-refractivity contribution in [3.63, 3.8) is 0 Å². The summed E-state index contributed by atoms with van der Waals surface area (Å²) in [5.74, 6) is -0.247. The minimum Gasteiger partial charge on any atom is -0.322 e. The van der Waals surface area contributed by atoms with Gasteiger partial charge in [0, 0.05) is 11.1 Å².